The molecule has 3 aliphatic heterocycles. The third-order valence-corrected chi connectivity index (χ3v) is 15.1. The second-order valence-corrected chi connectivity index (χ2v) is 21.4. The first kappa shape index (κ1) is 63.0. The highest BCUT2D eigenvalue weighted by atomic mass is 16.8. The zero-order chi connectivity index (χ0) is 60.2. The number of hydrogen-bond donors (Lipinski definition) is 3. The van der Waals surface area contributed by atoms with Crippen molar-refractivity contribution in [1.82, 2.24) is 0 Å². The lowest BCUT2D eigenvalue weighted by molar-refractivity contribution is -0.391. The van der Waals surface area contributed by atoms with Gasteiger partial charge in [0.15, 0.2) is 31.1 Å². The summed E-state index contributed by atoms with van der Waals surface area (Å²) in [4.78, 5) is 28.4. The van der Waals surface area contributed by atoms with Crippen molar-refractivity contribution in [2.75, 3.05) is 19.8 Å². The fourth-order valence-electron chi connectivity index (χ4n) is 10.7. The zero-order valence-corrected chi connectivity index (χ0v) is 48.2. The summed E-state index contributed by atoms with van der Waals surface area (Å²) in [7, 11) is 0. The number of carbonyl (C=O) groups excluding carboxylic acids is 2. The van der Waals surface area contributed by atoms with Gasteiger partial charge in [-0.05, 0) is 45.5 Å². The molecule has 3 saturated heterocycles. The van der Waals surface area contributed by atoms with E-state index in [0.29, 0.717) is 5.56 Å². The Morgan fingerprint density at radius 3 is 1.18 bits per heavy atom. The molecule has 18 heteroatoms. The molecule has 3 N–H and O–H groups in total. The van der Waals surface area contributed by atoms with E-state index in [1.807, 2.05) is 182 Å². The Labute approximate surface area is 506 Å². The summed E-state index contributed by atoms with van der Waals surface area (Å²) in [5.41, 5.74) is 5.05. The smallest absolute Gasteiger partial charge is 0.338 e. The lowest BCUT2D eigenvalue weighted by Crippen LogP contribution is -2.68. The summed E-state index contributed by atoms with van der Waals surface area (Å²) in [5, 5.41) is 34.2. The van der Waals surface area contributed by atoms with E-state index in [1.54, 1.807) is 30.3 Å². The standard InChI is InChI=1S/C69H74O18/c1-46(71)81-59-56(45-76-39-48-25-11-3-12-26-48)84-68(87-63-60(57(72)54(37-70)82-67(63)74)78-41-50-29-15-5-16-30-50)64(80-43-52-33-19-7-20-34-52)62(59)86-69-65(85-66(73)53-35-21-8-22-36-53)61(79-42-51-31-17-6-18-32-51)58(77-40-49-27-13-4-14-28-49)55(83-69)44-75-38-47-23-9-2-10-24-47/h2-36,54-65,67-70,72,74H,37-45H2,1H3/t54-,55-,56-,57+,58-,59+,60+,61+,62+,63-,64-,65-,67-,68-,69+/m1/s1. The first-order valence-electron chi connectivity index (χ1n) is 29.2. The van der Waals surface area contributed by atoms with Crippen molar-refractivity contribution in [3.05, 3.63) is 251 Å². The van der Waals surface area contributed by atoms with Gasteiger partial charge in [-0.1, -0.05) is 200 Å². The van der Waals surface area contributed by atoms with Crippen molar-refractivity contribution in [2.45, 2.75) is 139 Å². The molecule has 10 rings (SSSR count). The molecule has 0 bridgehead atoms. The van der Waals surface area contributed by atoms with Gasteiger partial charge in [0.05, 0.1) is 65.0 Å². The van der Waals surface area contributed by atoms with Crippen LogP contribution in [0.2, 0.25) is 0 Å². The monoisotopic (exact) mass is 1190 g/mol. The molecule has 7 aromatic rings. The molecule has 18 nitrogen and oxygen atoms in total. The van der Waals surface area contributed by atoms with E-state index in [-0.39, 0.29) is 58.4 Å². The van der Waals surface area contributed by atoms with Crippen LogP contribution in [0.25, 0.3) is 0 Å². The van der Waals surface area contributed by atoms with Gasteiger partial charge in [-0.25, -0.2) is 4.79 Å². The highest BCUT2D eigenvalue weighted by Gasteiger charge is 2.58. The maximum atomic E-state index is 14.7. The van der Waals surface area contributed by atoms with Crippen LogP contribution in [0, 0.1) is 0 Å². The van der Waals surface area contributed by atoms with Crippen LogP contribution in [-0.4, -0.2) is 139 Å². The minimum absolute atomic E-state index is 0.0234. The highest BCUT2D eigenvalue weighted by molar-refractivity contribution is 5.89. The summed E-state index contributed by atoms with van der Waals surface area (Å²) in [6, 6.07) is 65.0. The molecule has 7 aromatic carbocycles. The van der Waals surface area contributed by atoms with Gasteiger partial charge >= 0.3 is 11.9 Å². The normalized spacial score (nSPS) is 27.2. The fraction of sp³-hybridized carbons (Fsp3) is 0.362. The average molecular weight is 1190 g/mol. The summed E-state index contributed by atoms with van der Waals surface area (Å²) >= 11 is 0. The second-order valence-electron chi connectivity index (χ2n) is 21.4. The molecule has 3 aliphatic rings. The molecule has 0 saturated carbocycles. The second kappa shape index (κ2) is 32.2. The summed E-state index contributed by atoms with van der Waals surface area (Å²) in [6.07, 6.45) is -21.0. The third kappa shape index (κ3) is 17.6. The molecule has 3 fully saturated rings. The van der Waals surface area contributed by atoms with Crippen LogP contribution in [0.5, 0.6) is 0 Å². The molecule has 0 aromatic heterocycles. The van der Waals surface area contributed by atoms with Crippen molar-refractivity contribution in [2.24, 2.45) is 0 Å². The minimum Gasteiger partial charge on any atom is -0.457 e. The van der Waals surface area contributed by atoms with Crippen LogP contribution < -0.4 is 0 Å². The molecule has 87 heavy (non-hydrogen) atoms. The van der Waals surface area contributed by atoms with Crippen molar-refractivity contribution in [3.8, 4) is 0 Å². The maximum absolute atomic E-state index is 14.7. The van der Waals surface area contributed by atoms with E-state index in [0.717, 1.165) is 27.8 Å². The molecule has 0 amide bonds. The quantitative estimate of drug-likeness (QED) is 0.0394. The maximum Gasteiger partial charge on any atom is 0.338 e. The first-order chi connectivity index (χ1) is 42.7. The third-order valence-electron chi connectivity index (χ3n) is 15.1. The molecule has 0 aliphatic carbocycles. The van der Waals surface area contributed by atoms with Crippen molar-refractivity contribution < 1.29 is 86.5 Å². The average Bonchev–Trinajstić information content (AvgIpc) is 1.37. The molecular formula is C69H74O18. The lowest BCUT2D eigenvalue weighted by atomic mass is 9.95. The molecule has 3 heterocycles. The fourth-order valence-corrected chi connectivity index (χ4v) is 10.7. The summed E-state index contributed by atoms with van der Waals surface area (Å²) < 4.78 is 87.2. The van der Waals surface area contributed by atoms with Crippen molar-refractivity contribution >= 4 is 11.9 Å². The Morgan fingerprint density at radius 2 is 0.747 bits per heavy atom. The molecule has 15 atom stereocenters. The van der Waals surface area contributed by atoms with Gasteiger partial charge in [-0.3, -0.25) is 4.79 Å². The number of benzene rings is 7. The number of aliphatic hydroxyl groups excluding tert-OH is 3. The van der Waals surface area contributed by atoms with Crippen LogP contribution >= 0.6 is 0 Å². The Kier molecular flexibility index (Phi) is 23.3. The number of aliphatic hydroxyl groups is 3. The Hall–Kier alpha value is -7.08. The van der Waals surface area contributed by atoms with Crippen LogP contribution in [0.4, 0.5) is 0 Å². The van der Waals surface area contributed by atoms with Gasteiger partial charge in [-0.2, -0.15) is 0 Å². The predicted molar refractivity (Wildman–Crippen MR) is 315 cm³/mol. The van der Waals surface area contributed by atoms with Gasteiger partial charge < -0.3 is 76.9 Å². The number of rotatable bonds is 28. The van der Waals surface area contributed by atoms with E-state index >= 15 is 0 Å². The Bertz CT molecular complexity index is 3100. The Balaban J connectivity index is 1.09. The molecule has 0 unspecified atom stereocenters. The largest absolute Gasteiger partial charge is 0.457 e. The minimum atomic E-state index is -1.82. The van der Waals surface area contributed by atoms with E-state index in [9.17, 15) is 24.9 Å². The molecular weight excluding hydrogens is 1120 g/mol. The molecule has 0 spiro atoms. The van der Waals surface area contributed by atoms with Crippen LogP contribution in [0.15, 0.2) is 212 Å². The van der Waals surface area contributed by atoms with Gasteiger partial charge in [0.25, 0.3) is 0 Å². The van der Waals surface area contributed by atoms with Crippen molar-refractivity contribution in [3.63, 3.8) is 0 Å². The van der Waals surface area contributed by atoms with E-state index < -0.39 is 111 Å². The topological polar surface area (TPSA) is 215 Å². The molecule has 458 valence electrons. The predicted octanol–water partition coefficient (Wildman–Crippen LogP) is 8.21. The molecule has 0 radical (unpaired) electrons. The SMILES string of the molecule is CC(=O)O[C@@H]1[C@H](O[C@@H]2O[C@H](COCc3ccccc3)[C@@H](OCc3ccccc3)[C@H](OCc3ccccc3)[C@H]2OC(=O)c2ccccc2)[C@@H](OCc2ccccc2)[C@@H](O[C@@H]2[C@@H](OCc3ccccc3)[C@@H](O)[C@@H](CO)O[C@H]2O)O[C@@H]1COCc1ccccc1. The van der Waals surface area contributed by atoms with E-state index in [4.69, 9.17) is 61.6 Å². The van der Waals surface area contributed by atoms with Crippen LogP contribution in [0.3, 0.4) is 0 Å². The van der Waals surface area contributed by atoms with Gasteiger partial charge in [0, 0.05) is 6.92 Å². The highest BCUT2D eigenvalue weighted by Crippen LogP contribution is 2.39. The van der Waals surface area contributed by atoms with Crippen LogP contribution in [-0.2, 0) is 106 Å². The summed E-state index contributed by atoms with van der Waals surface area (Å²) in [6.45, 7) is 0.528. The number of hydrogen-bond acceptors (Lipinski definition) is 18. The Morgan fingerprint density at radius 1 is 0.379 bits per heavy atom. The first-order valence-corrected chi connectivity index (χ1v) is 29.2. The van der Waals surface area contributed by atoms with Gasteiger partial charge in [0.2, 0.25) is 0 Å². The number of esters is 2. The van der Waals surface area contributed by atoms with E-state index in [2.05, 4.69) is 0 Å². The van der Waals surface area contributed by atoms with E-state index in [1.165, 1.54) is 6.92 Å². The van der Waals surface area contributed by atoms with Gasteiger partial charge in [-0.15, -0.1) is 0 Å². The number of ether oxygens (including phenoxy) is 13. The zero-order valence-electron chi connectivity index (χ0n) is 48.2. The lowest BCUT2D eigenvalue weighted by Gasteiger charge is -2.51. The van der Waals surface area contributed by atoms with Crippen molar-refractivity contribution in [1.29, 1.82) is 0 Å². The van der Waals surface area contributed by atoms with Gasteiger partial charge in [0.1, 0.15) is 61.0 Å². The van der Waals surface area contributed by atoms with Crippen LogP contribution in [0.1, 0.15) is 50.7 Å². The summed E-state index contributed by atoms with van der Waals surface area (Å²) in [5.74, 6) is -1.47. The number of carbonyl (C=O) groups is 2.